The van der Waals surface area contributed by atoms with Crippen molar-refractivity contribution < 1.29 is 13.9 Å². The lowest BCUT2D eigenvalue weighted by Crippen LogP contribution is -2.27. The highest BCUT2D eigenvalue weighted by Gasteiger charge is 2.33. The normalized spacial score (nSPS) is 16.1. The number of hydrogen-bond donors (Lipinski definition) is 0. The van der Waals surface area contributed by atoms with E-state index >= 15 is 0 Å². The van der Waals surface area contributed by atoms with Crippen LogP contribution < -0.4 is 9.64 Å². The average molecular weight is 359 g/mol. The number of thiocarbonyl (C=S) groups is 1. The Bertz CT molecular complexity index is 847. The maximum Gasteiger partial charge on any atom is 0.270 e. The van der Waals surface area contributed by atoms with Crippen molar-refractivity contribution in [3.05, 3.63) is 64.3 Å². The Hall–Kier alpha value is -2.18. The largest absolute Gasteiger partial charge is 0.496 e. The number of rotatable bonds is 3. The van der Waals surface area contributed by atoms with Crippen molar-refractivity contribution in [3.8, 4) is 5.75 Å². The van der Waals surface area contributed by atoms with Crippen molar-refractivity contribution in [3.63, 3.8) is 0 Å². The smallest absolute Gasteiger partial charge is 0.270 e. The van der Waals surface area contributed by atoms with E-state index in [0.717, 1.165) is 16.9 Å². The van der Waals surface area contributed by atoms with Crippen molar-refractivity contribution in [1.82, 2.24) is 0 Å². The number of halogens is 1. The summed E-state index contributed by atoms with van der Waals surface area (Å²) in [5.41, 5.74) is 2.45. The molecule has 1 amide bonds. The van der Waals surface area contributed by atoms with Crippen LogP contribution in [0.2, 0.25) is 0 Å². The van der Waals surface area contributed by atoms with E-state index < -0.39 is 0 Å². The van der Waals surface area contributed by atoms with E-state index in [9.17, 15) is 9.18 Å². The van der Waals surface area contributed by atoms with Gasteiger partial charge in [0.2, 0.25) is 0 Å². The van der Waals surface area contributed by atoms with E-state index in [1.807, 2.05) is 25.1 Å². The standard InChI is InChI=1S/C18H14FNO2S2/c1-11-9-12(3-8-15(11)22-2)10-16-17(21)20(18(23)24-16)14-6-4-13(19)5-7-14/h3-10H,1-2H3/b16-10-. The molecule has 0 radical (unpaired) electrons. The number of anilines is 1. The van der Waals surface area contributed by atoms with Crippen LogP contribution >= 0.6 is 24.0 Å². The molecule has 1 heterocycles. The Kier molecular flexibility index (Phi) is 4.69. The second-order valence-corrected chi connectivity index (χ2v) is 6.90. The first-order chi connectivity index (χ1) is 11.5. The van der Waals surface area contributed by atoms with Gasteiger partial charge in [0.25, 0.3) is 5.91 Å². The maximum absolute atomic E-state index is 13.1. The predicted molar refractivity (Wildman–Crippen MR) is 99.8 cm³/mol. The van der Waals surface area contributed by atoms with Crippen molar-refractivity contribution in [2.24, 2.45) is 0 Å². The number of benzene rings is 2. The number of amides is 1. The van der Waals surface area contributed by atoms with E-state index in [2.05, 4.69) is 0 Å². The number of thioether (sulfide) groups is 1. The molecule has 0 aromatic heterocycles. The Morgan fingerprint density at radius 1 is 1.21 bits per heavy atom. The molecule has 122 valence electrons. The molecule has 6 heteroatoms. The molecule has 0 N–H and O–H groups in total. The molecule has 0 unspecified atom stereocenters. The lowest BCUT2D eigenvalue weighted by molar-refractivity contribution is -0.113. The van der Waals surface area contributed by atoms with Crippen LogP contribution in [-0.2, 0) is 4.79 Å². The zero-order valence-corrected chi connectivity index (χ0v) is 14.7. The van der Waals surface area contributed by atoms with E-state index in [1.165, 1.54) is 28.8 Å². The molecule has 2 aromatic rings. The molecule has 3 rings (SSSR count). The molecular weight excluding hydrogens is 345 g/mol. The molecule has 0 bridgehead atoms. The Labute approximate surface area is 149 Å². The lowest BCUT2D eigenvalue weighted by atomic mass is 10.1. The average Bonchev–Trinajstić information content (AvgIpc) is 2.83. The number of ether oxygens (including phenoxy) is 1. The van der Waals surface area contributed by atoms with Crippen molar-refractivity contribution >= 4 is 46.0 Å². The first kappa shape index (κ1) is 16.7. The highest BCUT2D eigenvalue weighted by Crippen LogP contribution is 2.36. The van der Waals surface area contributed by atoms with Gasteiger partial charge in [-0.1, -0.05) is 30.0 Å². The summed E-state index contributed by atoms with van der Waals surface area (Å²) in [7, 11) is 1.62. The summed E-state index contributed by atoms with van der Waals surface area (Å²) < 4.78 is 18.7. The number of aryl methyl sites for hydroxylation is 1. The quantitative estimate of drug-likeness (QED) is 0.594. The van der Waals surface area contributed by atoms with Gasteiger partial charge in [0, 0.05) is 0 Å². The van der Waals surface area contributed by atoms with E-state index in [1.54, 1.807) is 25.3 Å². The summed E-state index contributed by atoms with van der Waals surface area (Å²) in [6, 6.07) is 11.4. The van der Waals surface area contributed by atoms with Gasteiger partial charge in [0.15, 0.2) is 4.32 Å². The molecule has 0 spiro atoms. The minimum absolute atomic E-state index is 0.204. The molecule has 3 nitrogen and oxygen atoms in total. The van der Waals surface area contributed by atoms with Crippen LogP contribution in [0.4, 0.5) is 10.1 Å². The van der Waals surface area contributed by atoms with Gasteiger partial charge in [-0.2, -0.15) is 0 Å². The summed E-state index contributed by atoms with van der Waals surface area (Å²) in [4.78, 5) is 14.6. The summed E-state index contributed by atoms with van der Waals surface area (Å²) in [5.74, 6) is 0.240. The van der Waals surface area contributed by atoms with Gasteiger partial charge in [0.1, 0.15) is 11.6 Å². The second-order valence-electron chi connectivity index (χ2n) is 5.22. The van der Waals surface area contributed by atoms with Gasteiger partial charge in [-0.05, 0) is 60.5 Å². The van der Waals surface area contributed by atoms with Crippen molar-refractivity contribution in [2.75, 3.05) is 12.0 Å². The summed E-state index contributed by atoms with van der Waals surface area (Å²) in [5, 5.41) is 0. The number of nitrogens with zero attached hydrogens (tertiary/aromatic N) is 1. The number of methoxy groups -OCH3 is 1. The summed E-state index contributed by atoms with van der Waals surface area (Å²) >= 11 is 6.54. The van der Waals surface area contributed by atoms with Gasteiger partial charge in [0.05, 0.1) is 17.7 Å². The molecule has 24 heavy (non-hydrogen) atoms. The third-order valence-electron chi connectivity index (χ3n) is 3.60. The van der Waals surface area contributed by atoms with Crippen LogP contribution in [0.3, 0.4) is 0 Å². The molecule has 0 atom stereocenters. The molecule has 1 aliphatic rings. The van der Waals surface area contributed by atoms with Gasteiger partial charge < -0.3 is 4.74 Å². The molecule has 2 aromatic carbocycles. The summed E-state index contributed by atoms with van der Waals surface area (Å²) in [6.45, 7) is 1.94. The number of hydrogen-bond acceptors (Lipinski definition) is 4. The Morgan fingerprint density at radius 3 is 2.54 bits per heavy atom. The van der Waals surface area contributed by atoms with Crippen LogP contribution in [0.25, 0.3) is 6.08 Å². The molecule has 0 aliphatic carbocycles. The molecule has 0 saturated carbocycles. The Morgan fingerprint density at radius 2 is 1.92 bits per heavy atom. The molecule has 1 saturated heterocycles. The van der Waals surface area contributed by atoms with E-state index in [-0.39, 0.29) is 11.7 Å². The second kappa shape index (κ2) is 6.75. The highest BCUT2D eigenvalue weighted by molar-refractivity contribution is 8.27. The highest BCUT2D eigenvalue weighted by atomic mass is 32.2. The number of carbonyl (C=O) groups excluding carboxylic acids is 1. The Balaban J connectivity index is 1.90. The van der Waals surface area contributed by atoms with Gasteiger partial charge >= 0.3 is 0 Å². The first-order valence-electron chi connectivity index (χ1n) is 7.18. The topological polar surface area (TPSA) is 29.5 Å². The molecule has 1 fully saturated rings. The SMILES string of the molecule is COc1ccc(/C=C2\SC(=S)N(c3ccc(F)cc3)C2=O)cc1C. The lowest BCUT2D eigenvalue weighted by Gasteiger charge is -2.14. The summed E-state index contributed by atoms with van der Waals surface area (Å²) in [6.07, 6.45) is 1.80. The monoisotopic (exact) mass is 359 g/mol. The first-order valence-corrected chi connectivity index (χ1v) is 8.40. The minimum Gasteiger partial charge on any atom is -0.496 e. The number of carbonyl (C=O) groups is 1. The van der Waals surface area contributed by atoms with E-state index in [0.29, 0.717) is 14.9 Å². The van der Waals surface area contributed by atoms with Crippen molar-refractivity contribution in [1.29, 1.82) is 0 Å². The third-order valence-corrected chi connectivity index (χ3v) is 4.90. The fraction of sp³-hybridized carbons (Fsp3) is 0.111. The maximum atomic E-state index is 13.1. The zero-order chi connectivity index (χ0) is 17.3. The van der Waals surface area contributed by atoms with Gasteiger partial charge in [-0.15, -0.1) is 0 Å². The van der Waals surface area contributed by atoms with E-state index in [4.69, 9.17) is 17.0 Å². The van der Waals surface area contributed by atoms with Crippen LogP contribution in [0.1, 0.15) is 11.1 Å². The van der Waals surface area contributed by atoms with Gasteiger partial charge in [-0.3, -0.25) is 9.69 Å². The predicted octanol–water partition coefficient (Wildman–Crippen LogP) is 4.55. The molecule has 1 aliphatic heterocycles. The molecular formula is C18H14FNO2S2. The zero-order valence-electron chi connectivity index (χ0n) is 13.1. The van der Waals surface area contributed by atoms with Gasteiger partial charge in [-0.25, -0.2) is 4.39 Å². The van der Waals surface area contributed by atoms with Crippen LogP contribution in [-0.4, -0.2) is 17.3 Å². The fourth-order valence-corrected chi connectivity index (χ4v) is 3.72. The van der Waals surface area contributed by atoms with Crippen LogP contribution in [0.5, 0.6) is 5.75 Å². The van der Waals surface area contributed by atoms with Crippen LogP contribution in [0.15, 0.2) is 47.4 Å². The van der Waals surface area contributed by atoms with Crippen LogP contribution in [0, 0.1) is 12.7 Å². The third kappa shape index (κ3) is 3.20. The minimum atomic E-state index is -0.353. The fourth-order valence-electron chi connectivity index (χ4n) is 2.42. The van der Waals surface area contributed by atoms with Crippen molar-refractivity contribution in [2.45, 2.75) is 6.92 Å².